The van der Waals surface area contributed by atoms with Crippen LogP contribution in [-0.4, -0.2) is 58.4 Å². The molecule has 0 bridgehead atoms. The Balaban J connectivity index is 1.48. The molecular formula is C32H29Cl2FN2O8. The third kappa shape index (κ3) is 4.62. The van der Waals surface area contributed by atoms with Gasteiger partial charge in [0, 0.05) is 18.9 Å². The Morgan fingerprint density at radius 3 is 2.47 bits per heavy atom. The third-order valence-corrected chi connectivity index (χ3v) is 10.5. The highest BCUT2D eigenvalue weighted by Gasteiger charge is 2.67. The number of likely N-dealkylation sites (tertiary alicyclic amines) is 1. The van der Waals surface area contributed by atoms with Gasteiger partial charge in [-0.25, -0.2) is 9.29 Å². The number of rotatable bonds is 7. The molecule has 0 aromatic heterocycles. The van der Waals surface area contributed by atoms with Crippen LogP contribution < -0.4 is 9.64 Å². The number of hydrogen-bond acceptors (Lipinski definition) is 7. The number of ether oxygens (including phenoxy) is 1. The molecule has 4 amide bonds. The van der Waals surface area contributed by atoms with E-state index in [0.717, 1.165) is 15.9 Å². The molecule has 0 radical (unpaired) electrons. The summed E-state index contributed by atoms with van der Waals surface area (Å²) in [4.78, 5) is 69.1. The number of amides is 4. The van der Waals surface area contributed by atoms with Crippen molar-refractivity contribution >= 4 is 58.5 Å². The zero-order chi connectivity index (χ0) is 32.5. The van der Waals surface area contributed by atoms with Gasteiger partial charge in [0.05, 0.1) is 46.0 Å². The molecule has 236 valence electrons. The number of allylic oxidation sites excluding steroid dienone is 2. The average molecular weight is 659 g/mol. The molecule has 2 aliphatic carbocycles. The van der Waals surface area contributed by atoms with Crippen molar-refractivity contribution in [2.75, 3.05) is 18.6 Å². The van der Waals surface area contributed by atoms with E-state index < -0.39 is 64.5 Å². The van der Waals surface area contributed by atoms with Crippen LogP contribution in [0.5, 0.6) is 11.5 Å². The summed E-state index contributed by atoms with van der Waals surface area (Å²) in [6.07, 6.45) is 2.04. The number of phenolic OH excluding ortho intramolecular Hbond substituents is 1. The van der Waals surface area contributed by atoms with Crippen LogP contribution in [0.1, 0.15) is 44.1 Å². The maximum atomic E-state index is 14.5. The maximum Gasteiger partial charge on any atom is 0.303 e. The van der Waals surface area contributed by atoms with E-state index in [4.69, 9.17) is 33.0 Å². The first kappa shape index (κ1) is 31.0. The van der Waals surface area contributed by atoms with Crippen LogP contribution in [0.4, 0.5) is 10.1 Å². The molecule has 1 saturated carbocycles. The lowest BCUT2D eigenvalue weighted by Crippen LogP contribution is -2.48. The van der Waals surface area contributed by atoms with Gasteiger partial charge in [0.1, 0.15) is 5.82 Å². The summed E-state index contributed by atoms with van der Waals surface area (Å²) in [6, 6.07) is 6.61. The fraction of sp³-hybridized carbons (Fsp3) is 0.406. The number of carboxylic acids is 1. The fourth-order valence-electron chi connectivity index (χ4n) is 7.86. The largest absolute Gasteiger partial charge is 0.503 e. The molecule has 2 saturated heterocycles. The number of imide groups is 2. The Labute approximate surface area is 267 Å². The third-order valence-electron chi connectivity index (χ3n) is 9.90. The van der Waals surface area contributed by atoms with Crippen LogP contribution in [0, 0.1) is 34.9 Å². The van der Waals surface area contributed by atoms with Crippen molar-refractivity contribution in [2.45, 2.75) is 38.5 Å². The average Bonchev–Trinajstić information content (AvgIpc) is 3.35. The Morgan fingerprint density at radius 1 is 1.07 bits per heavy atom. The number of hydrogen-bond donors (Lipinski definition) is 2. The zero-order valence-electron chi connectivity index (χ0n) is 24.3. The van der Waals surface area contributed by atoms with Gasteiger partial charge in [-0.1, -0.05) is 34.9 Å². The van der Waals surface area contributed by atoms with Crippen LogP contribution in [0.15, 0.2) is 42.0 Å². The topological polar surface area (TPSA) is 142 Å². The van der Waals surface area contributed by atoms with E-state index in [1.165, 1.54) is 25.3 Å². The van der Waals surface area contributed by atoms with Crippen LogP contribution in [0.2, 0.25) is 10.0 Å². The Kier molecular flexibility index (Phi) is 7.68. The van der Waals surface area contributed by atoms with Gasteiger partial charge in [-0.2, -0.15) is 0 Å². The molecule has 45 heavy (non-hydrogen) atoms. The van der Waals surface area contributed by atoms with E-state index in [9.17, 15) is 33.5 Å². The lowest BCUT2D eigenvalue weighted by molar-refractivity contribution is -0.142. The summed E-state index contributed by atoms with van der Waals surface area (Å²) in [5.74, 6) is -7.85. The van der Waals surface area contributed by atoms with Crippen molar-refractivity contribution in [1.82, 2.24) is 4.90 Å². The Hall–Kier alpha value is -3.96. The monoisotopic (exact) mass is 658 g/mol. The molecular weight excluding hydrogens is 630 g/mol. The van der Waals surface area contributed by atoms with Crippen molar-refractivity contribution in [3.8, 4) is 11.5 Å². The predicted octanol–water partition coefficient (Wildman–Crippen LogP) is 4.94. The van der Waals surface area contributed by atoms with Crippen molar-refractivity contribution in [1.29, 1.82) is 0 Å². The minimum absolute atomic E-state index is 0.0368. The minimum atomic E-state index is -1.41. The van der Waals surface area contributed by atoms with Gasteiger partial charge < -0.3 is 14.9 Å². The van der Waals surface area contributed by atoms with E-state index in [0.29, 0.717) is 11.1 Å². The number of aliphatic carboxylic acids is 1. The highest BCUT2D eigenvalue weighted by atomic mass is 35.5. The number of anilines is 1. The second-order valence-electron chi connectivity index (χ2n) is 12.1. The van der Waals surface area contributed by atoms with E-state index in [2.05, 4.69) is 0 Å². The number of methoxy groups -OCH3 is 1. The highest BCUT2D eigenvalue weighted by molar-refractivity contribution is 6.32. The minimum Gasteiger partial charge on any atom is -0.503 e. The molecule has 13 heteroatoms. The van der Waals surface area contributed by atoms with Crippen molar-refractivity contribution in [2.24, 2.45) is 29.1 Å². The molecule has 6 atom stereocenters. The summed E-state index contributed by atoms with van der Waals surface area (Å²) < 4.78 is 19.4. The van der Waals surface area contributed by atoms with Crippen LogP contribution in [0.3, 0.4) is 0 Å². The van der Waals surface area contributed by atoms with Gasteiger partial charge in [-0.15, -0.1) is 0 Å². The summed E-state index contributed by atoms with van der Waals surface area (Å²) in [5.41, 5.74) is -0.163. The first-order chi connectivity index (χ1) is 21.3. The molecule has 2 aromatic rings. The van der Waals surface area contributed by atoms with E-state index in [-0.39, 0.29) is 65.4 Å². The molecule has 6 rings (SSSR count). The lowest BCUT2D eigenvalue weighted by atomic mass is 9.51. The summed E-state index contributed by atoms with van der Waals surface area (Å²) in [6.45, 7) is 1.63. The molecule has 0 spiro atoms. The molecule has 10 nitrogen and oxygen atoms in total. The fourth-order valence-corrected chi connectivity index (χ4v) is 8.25. The number of phenols is 1. The number of carbonyl (C=O) groups is 5. The van der Waals surface area contributed by atoms with Gasteiger partial charge in [0.2, 0.25) is 23.6 Å². The van der Waals surface area contributed by atoms with Crippen molar-refractivity contribution in [3.63, 3.8) is 0 Å². The van der Waals surface area contributed by atoms with Crippen LogP contribution in [-0.2, 0) is 24.0 Å². The highest BCUT2D eigenvalue weighted by Crippen LogP contribution is 2.64. The van der Waals surface area contributed by atoms with Gasteiger partial charge in [0.25, 0.3) is 0 Å². The maximum absolute atomic E-state index is 14.5. The van der Waals surface area contributed by atoms with Crippen LogP contribution in [0.25, 0.3) is 0 Å². The molecule has 2 heterocycles. The molecule has 2 aliphatic heterocycles. The number of nitrogens with zero attached hydrogens (tertiary/aromatic N) is 2. The second kappa shape index (κ2) is 11.1. The van der Waals surface area contributed by atoms with E-state index in [1.54, 1.807) is 13.0 Å². The SMILES string of the molecule is COc1cc(C2C3=CCC4C(=O)N(CCCC(=O)O)C(=O)C4C3CC3C(=O)N(c4ccc(F)c(Cl)c4)C(=O)C32C)cc(Cl)c1O. The number of aromatic hydroxyl groups is 1. The molecule has 2 N–H and O–H groups in total. The quantitative estimate of drug-likeness (QED) is 0.315. The van der Waals surface area contributed by atoms with E-state index in [1.807, 2.05) is 6.08 Å². The summed E-state index contributed by atoms with van der Waals surface area (Å²) >= 11 is 12.4. The molecule has 2 aromatic carbocycles. The normalized spacial score (nSPS) is 29.0. The zero-order valence-corrected chi connectivity index (χ0v) is 25.8. The lowest BCUT2D eigenvalue weighted by Gasteiger charge is -2.49. The van der Waals surface area contributed by atoms with Gasteiger partial charge in [-0.05, 0) is 68.0 Å². The Bertz CT molecular complexity index is 1710. The van der Waals surface area contributed by atoms with Gasteiger partial charge >= 0.3 is 5.97 Å². The van der Waals surface area contributed by atoms with Crippen molar-refractivity contribution < 1.29 is 43.3 Å². The second-order valence-corrected chi connectivity index (χ2v) is 13.0. The molecule has 6 unspecified atom stereocenters. The number of halogens is 3. The number of benzene rings is 2. The smallest absolute Gasteiger partial charge is 0.303 e. The van der Waals surface area contributed by atoms with Crippen LogP contribution >= 0.6 is 23.2 Å². The number of carboxylic acid groups (broad SMARTS) is 1. The van der Waals surface area contributed by atoms with E-state index >= 15 is 0 Å². The molecule has 4 aliphatic rings. The predicted molar refractivity (Wildman–Crippen MR) is 159 cm³/mol. The standard InChI is InChI=1S/C32H29Cl2FN2O8/c1-32-19(29(42)37(31(32)44)15-5-8-22(35)20(33)12-15)13-18-16(26(32)14-10-21(34)27(40)23(11-14)45-2)6-7-17-25(18)30(43)36(28(17)41)9-3-4-24(38)39/h5-6,8,10-12,17-19,25-26,40H,3-4,7,9,13H2,1-2H3,(H,38,39). The Morgan fingerprint density at radius 2 is 1.80 bits per heavy atom. The number of carbonyl (C=O) groups excluding carboxylic acids is 4. The first-order valence-corrected chi connectivity index (χ1v) is 15.2. The summed E-state index contributed by atoms with van der Waals surface area (Å²) in [7, 11) is 1.35. The summed E-state index contributed by atoms with van der Waals surface area (Å²) in [5, 5.41) is 19.2. The van der Waals surface area contributed by atoms with Crippen molar-refractivity contribution in [3.05, 3.63) is 63.4 Å². The first-order valence-electron chi connectivity index (χ1n) is 14.5. The van der Waals surface area contributed by atoms with Gasteiger partial charge in [-0.3, -0.25) is 28.9 Å². The van der Waals surface area contributed by atoms with Gasteiger partial charge in [0.15, 0.2) is 11.5 Å². The number of fused-ring (bicyclic) bond motifs is 4. The molecule has 3 fully saturated rings.